The first kappa shape index (κ1) is 23.0. The molecule has 1 aromatic carbocycles. The minimum atomic E-state index is -0.599. The topological polar surface area (TPSA) is 90.5 Å². The van der Waals surface area contributed by atoms with Gasteiger partial charge in [-0.15, -0.1) is 11.3 Å². The van der Waals surface area contributed by atoms with Crippen molar-refractivity contribution in [2.45, 2.75) is 32.6 Å². The second-order valence-corrected chi connectivity index (χ2v) is 9.66. The number of halogens is 2. The Bertz CT molecular complexity index is 1020. The molecule has 0 radical (unpaired) electrons. The van der Waals surface area contributed by atoms with Gasteiger partial charge in [0, 0.05) is 30.9 Å². The molecule has 1 fully saturated rings. The van der Waals surface area contributed by atoms with E-state index >= 15 is 0 Å². The first-order valence-corrected chi connectivity index (χ1v) is 11.0. The third-order valence-electron chi connectivity index (χ3n) is 4.71. The van der Waals surface area contributed by atoms with Crippen molar-refractivity contribution in [1.29, 1.82) is 0 Å². The Labute approximate surface area is 189 Å². The van der Waals surface area contributed by atoms with Gasteiger partial charge >= 0.3 is 6.03 Å². The molecule has 4 amide bonds. The van der Waals surface area contributed by atoms with Crippen molar-refractivity contribution in [3.63, 3.8) is 0 Å². The normalized spacial score (nSPS) is 14.6. The molecule has 1 aliphatic rings. The standard InChI is InChI=1S/C21H24ClFN4O3S/c1-21(2,3)16-11-13(19(29)27-8-6-17(28)24-7-9-27)18(31-16)26-20(30)25-15-5-4-12(23)10-14(15)22/h4-5,10-11H,6-9H2,1-3H3,(H,24,28)(H2,25,26,30). The highest BCUT2D eigenvalue weighted by Gasteiger charge is 2.28. The zero-order valence-corrected chi connectivity index (χ0v) is 19.0. The molecule has 1 aliphatic heterocycles. The van der Waals surface area contributed by atoms with Crippen molar-refractivity contribution in [2.24, 2.45) is 0 Å². The molecule has 0 atom stereocenters. The Morgan fingerprint density at radius 3 is 2.61 bits per heavy atom. The second kappa shape index (κ2) is 9.23. The fourth-order valence-corrected chi connectivity index (χ4v) is 4.32. The molecule has 2 aromatic rings. The van der Waals surface area contributed by atoms with Crippen LogP contribution in [0.25, 0.3) is 0 Å². The molecule has 0 bridgehead atoms. The van der Waals surface area contributed by atoms with Crippen molar-refractivity contribution >= 4 is 51.5 Å². The fraction of sp³-hybridized carbons (Fsp3) is 0.381. The van der Waals surface area contributed by atoms with E-state index in [0.717, 1.165) is 10.9 Å². The molecule has 1 saturated heterocycles. The van der Waals surface area contributed by atoms with Gasteiger partial charge in [-0.1, -0.05) is 32.4 Å². The summed E-state index contributed by atoms with van der Waals surface area (Å²) >= 11 is 7.29. The molecule has 0 spiro atoms. The molecule has 31 heavy (non-hydrogen) atoms. The molecule has 166 valence electrons. The Balaban J connectivity index is 1.84. The first-order valence-electron chi connectivity index (χ1n) is 9.78. The van der Waals surface area contributed by atoms with Gasteiger partial charge in [-0.05, 0) is 29.7 Å². The predicted molar refractivity (Wildman–Crippen MR) is 121 cm³/mol. The zero-order chi connectivity index (χ0) is 22.8. The highest BCUT2D eigenvalue weighted by atomic mass is 35.5. The number of anilines is 2. The van der Waals surface area contributed by atoms with E-state index < -0.39 is 11.8 Å². The van der Waals surface area contributed by atoms with Crippen LogP contribution in [0.4, 0.5) is 19.9 Å². The third kappa shape index (κ3) is 5.74. The second-order valence-electron chi connectivity index (χ2n) is 8.20. The van der Waals surface area contributed by atoms with Crippen LogP contribution in [0.3, 0.4) is 0 Å². The lowest BCUT2D eigenvalue weighted by Crippen LogP contribution is -2.34. The van der Waals surface area contributed by atoms with Crippen LogP contribution >= 0.6 is 22.9 Å². The lowest BCUT2D eigenvalue weighted by molar-refractivity contribution is -0.120. The predicted octanol–water partition coefficient (Wildman–Crippen LogP) is 4.44. The zero-order valence-electron chi connectivity index (χ0n) is 17.5. The average molecular weight is 467 g/mol. The quantitative estimate of drug-likeness (QED) is 0.624. The summed E-state index contributed by atoms with van der Waals surface area (Å²) < 4.78 is 13.2. The molecular formula is C21H24ClFN4O3S. The van der Waals surface area contributed by atoms with E-state index in [4.69, 9.17) is 11.6 Å². The highest BCUT2D eigenvalue weighted by molar-refractivity contribution is 7.16. The van der Waals surface area contributed by atoms with Crippen LogP contribution in [0.15, 0.2) is 24.3 Å². The van der Waals surface area contributed by atoms with Crippen molar-refractivity contribution in [3.8, 4) is 0 Å². The van der Waals surface area contributed by atoms with Crippen LogP contribution in [-0.2, 0) is 10.2 Å². The Kier molecular flexibility index (Phi) is 6.86. The Morgan fingerprint density at radius 1 is 1.19 bits per heavy atom. The van der Waals surface area contributed by atoms with Gasteiger partial charge in [0.05, 0.1) is 16.3 Å². The van der Waals surface area contributed by atoms with Gasteiger partial charge in [-0.2, -0.15) is 0 Å². The summed E-state index contributed by atoms with van der Waals surface area (Å²) in [6.07, 6.45) is 0.230. The van der Waals surface area contributed by atoms with Crippen molar-refractivity contribution in [3.05, 3.63) is 45.5 Å². The van der Waals surface area contributed by atoms with Crippen LogP contribution in [0.5, 0.6) is 0 Å². The van der Waals surface area contributed by atoms with Gasteiger partial charge in [0.2, 0.25) is 5.91 Å². The number of rotatable bonds is 3. The number of amides is 4. The highest BCUT2D eigenvalue weighted by Crippen LogP contribution is 2.37. The number of hydrogen-bond donors (Lipinski definition) is 3. The summed E-state index contributed by atoms with van der Waals surface area (Å²) in [4.78, 5) is 39.9. The lowest BCUT2D eigenvalue weighted by Gasteiger charge is -2.20. The largest absolute Gasteiger partial charge is 0.354 e. The van der Waals surface area contributed by atoms with Gasteiger partial charge in [0.1, 0.15) is 10.8 Å². The number of hydrogen-bond acceptors (Lipinski definition) is 4. The van der Waals surface area contributed by atoms with Gasteiger partial charge in [-0.25, -0.2) is 9.18 Å². The van der Waals surface area contributed by atoms with Gasteiger partial charge < -0.3 is 15.5 Å². The van der Waals surface area contributed by atoms with E-state index in [1.807, 2.05) is 20.8 Å². The number of nitrogens with one attached hydrogen (secondary N) is 3. The number of thiophene rings is 1. The summed E-state index contributed by atoms with van der Waals surface area (Å²) in [6.45, 7) is 7.13. The number of carbonyl (C=O) groups excluding carboxylic acids is 3. The molecule has 1 aromatic heterocycles. The van der Waals surface area contributed by atoms with E-state index in [9.17, 15) is 18.8 Å². The summed E-state index contributed by atoms with van der Waals surface area (Å²) in [5.41, 5.74) is 0.384. The smallest absolute Gasteiger partial charge is 0.324 e. The van der Waals surface area contributed by atoms with Crippen LogP contribution in [0, 0.1) is 5.82 Å². The molecular weight excluding hydrogens is 443 g/mol. The van der Waals surface area contributed by atoms with Crippen molar-refractivity contribution < 1.29 is 18.8 Å². The Hall–Kier alpha value is -2.65. The summed E-state index contributed by atoms with van der Waals surface area (Å²) in [5, 5.41) is 8.50. The summed E-state index contributed by atoms with van der Waals surface area (Å²) in [7, 11) is 0. The molecule has 3 N–H and O–H groups in total. The number of benzene rings is 1. The van der Waals surface area contributed by atoms with Crippen LogP contribution in [-0.4, -0.2) is 42.4 Å². The van der Waals surface area contributed by atoms with Crippen molar-refractivity contribution in [1.82, 2.24) is 10.2 Å². The maximum absolute atomic E-state index is 13.2. The summed E-state index contributed by atoms with van der Waals surface area (Å²) in [5.74, 6) is -0.856. The minimum Gasteiger partial charge on any atom is -0.354 e. The third-order valence-corrected chi connectivity index (χ3v) is 6.50. The lowest BCUT2D eigenvalue weighted by atomic mass is 9.94. The van der Waals surface area contributed by atoms with Gasteiger partial charge in [0.15, 0.2) is 0 Å². The van der Waals surface area contributed by atoms with Crippen LogP contribution < -0.4 is 16.0 Å². The molecule has 2 heterocycles. The van der Waals surface area contributed by atoms with E-state index in [0.29, 0.717) is 30.2 Å². The van der Waals surface area contributed by atoms with Crippen LogP contribution in [0.1, 0.15) is 42.4 Å². The van der Waals surface area contributed by atoms with Gasteiger partial charge in [0.25, 0.3) is 5.91 Å². The number of carbonyl (C=O) groups is 3. The first-order chi connectivity index (χ1) is 14.5. The van der Waals surface area contributed by atoms with E-state index in [1.54, 1.807) is 11.0 Å². The number of urea groups is 1. The molecule has 0 aliphatic carbocycles. The Morgan fingerprint density at radius 2 is 1.94 bits per heavy atom. The number of nitrogens with zero attached hydrogens (tertiary/aromatic N) is 1. The molecule has 0 unspecified atom stereocenters. The molecule has 10 heteroatoms. The molecule has 7 nitrogen and oxygen atoms in total. The molecule has 3 rings (SSSR count). The minimum absolute atomic E-state index is 0.0646. The van der Waals surface area contributed by atoms with Crippen LogP contribution in [0.2, 0.25) is 5.02 Å². The molecule has 0 saturated carbocycles. The van der Waals surface area contributed by atoms with E-state index in [1.165, 1.54) is 23.5 Å². The van der Waals surface area contributed by atoms with Gasteiger partial charge in [-0.3, -0.25) is 14.9 Å². The average Bonchev–Trinajstić information content (AvgIpc) is 2.98. The van der Waals surface area contributed by atoms with Crippen molar-refractivity contribution in [2.75, 3.05) is 30.3 Å². The SMILES string of the molecule is CC(C)(C)c1cc(C(=O)N2CCNC(=O)CC2)c(NC(=O)Nc2ccc(F)cc2Cl)s1. The van der Waals surface area contributed by atoms with E-state index in [-0.39, 0.29) is 34.4 Å². The summed E-state index contributed by atoms with van der Waals surface area (Å²) in [6, 6.07) is 4.84. The maximum atomic E-state index is 13.2. The van der Waals surface area contributed by atoms with E-state index in [2.05, 4.69) is 16.0 Å². The maximum Gasteiger partial charge on any atom is 0.324 e. The fourth-order valence-electron chi connectivity index (χ4n) is 3.00. The monoisotopic (exact) mass is 466 g/mol.